The molecular formula is C22H24ClF2N3O3S. The summed E-state index contributed by atoms with van der Waals surface area (Å²) in [5.41, 5.74) is 1.02. The van der Waals surface area contributed by atoms with E-state index < -0.39 is 26.6 Å². The number of anilines is 1. The smallest absolute Gasteiger partial charge is 0.246 e. The lowest BCUT2D eigenvalue weighted by atomic mass is 9.96. The summed E-state index contributed by atoms with van der Waals surface area (Å²) >= 11 is 6.07. The Bertz CT molecular complexity index is 1100. The molecule has 2 aromatic rings. The van der Waals surface area contributed by atoms with E-state index in [1.165, 1.54) is 0 Å². The van der Waals surface area contributed by atoms with Crippen LogP contribution in [0.2, 0.25) is 5.02 Å². The van der Waals surface area contributed by atoms with Gasteiger partial charge in [0.15, 0.2) is 0 Å². The van der Waals surface area contributed by atoms with E-state index >= 15 is 0 Å². The quantitative estimate of drug-likeness (QED) is 0.669. The number of hydrogen-bond acceptors (Lipinski definition) is 4. The minimum absolute atomic E-state index is 0.0183. The first-order chi connectivity index (χ1) is 15.3. The van der Waals surface area contributed by atoms with Gasteiger partial charge in [-0.2, -0.15) is 4.31 Å². The standard InChI is InChI=1S/C22H24ClF2N3O3S/c23-17-2-1-3-19(14-17)26-10-12-27(13-11-26)22(29)16-6-8-28(9-7-16)32(30,31)21-15-18(24)4-5-20(21)25/h1-5,14-16H,6-13H2. The van der Waals surface area contributed by atoms with Crippen molar-refractivity contribution < 1.29 is 22.0 Å². The van der Waals surface area contributed by atoms with Crippen molar-refractivity contribution in [3.8, 4) is 0 Å². The van der Waals surface area contributed by atoms with E-state index in [-0.39, 0.29) is 24.9 Å². The van der Waals surface area contributed by atoms with Gasteiger partial charge in [0.05, 0.1) is 0 Å². The van der Waals surface area contributed by atoms with Crippen molar-refractivity contribution >= 4 is 33.2 Å². The summed E-state index contributed by atoms with van der Waals surface area (Å²) in [6, 6.07) is 9.98. The van der Waals surface area contributed by atoms with Crippen molar-refractivity contribution in [3.05, 3.63) is 59.1 Å². The Morgan fingerprint density at radius 3 is 2.28 bits per heavy atom. The molecule has 0 aliphatic carbocycles. The van der Waals surface area contributed by atoms with Crippen LogP contribution < -0.4 is 4.90 Å². The third-order valence-corrected chi connectivity index (χ3v) is 8.23. The maximum absolute atomic E-state index is 14.0. The van der Waals surface area contributed by atoms with Gasteiger partial charge in [-0.1, -0.05) is 17.7 Å². The second-order valence-electron chi connectivity index (χ2n) is 8.05. The molecule has 6 nitrogen and oxygen atoms in total. The fraction of sp³-hybridized carbons (Fsp3) is 0.409. The summed E-state index contributed by atoms with van der Waals surface area (Å²) in [6.07, 6.45) is 0.701. The fourth-order valence-corrected chi connectivity index (χ4v) is 6.00. The zero-order valence-corrected chi connectivity index (χ0v) is 19.0. The van der Waals surface area contributed by atoms with Crippen molar-refractivity contribution in [1.29, 1.82) is 0 Å². The second kappa shape index (κ2) is 9.33. The van der Waals surface area contributed by atoms with Crippen LogP contribution in [-0.4, -0.2) is 62.8 Å². The zero-order chi connectivity index (χ0) is 22.9. The number of carbonyl (C=O) groups is 1. The van der Waals surface area contributed by atoms with E-state index in [2.05, 4.69) is 4.90 Å². The van der Waals surface area contributed by atoms with Crippen LogP contribution in [0, 0.1) is 17.6 Å². The van der Waals surface area contributed by atoms with Gasteiger partial charge < -0.3 is 9.80 Å². The van der Waals surface area contributed by atoms with Gasteiger partial charge in [0.1, 0.15) is 16.5 Å². The number of piperazine rings is 1. The van der Waals surface area contributed by atoms with E-state index in [4.69, 9.17) is 11.6 Å². The van der Waals surface area contributed by atoms with Crippen molar-refractivity contribution in [2.45, 2.75) is 17.7 Å². The summed E-state index contributed by atoms with van der Waals surface area (Å²) < 4.78 is 54.1. The monoisotopic (exact) mass is 483 g/mol. The Hall–Kier alpha value is -2.23. The van der Waals surface area contributed by atoms with E-state index in [0.29, 0.717) is 50.1 Å². The number of piperidine rings is 1. The molecule has 0 saturated carbocycles. The Kier molecular flexibility index (Phi) is 6.69. The van der Waals surface area contributed by atoms with Crippen LogP contribution >= 0.6 is 11.6 Å². The molecule has 4 rings (SSSR count). The highest BCUT2D eigenvalue weighted by molar-refractivity contribution is 7.89. The number of carbonyl (C=O) groups excluding carboxylic acids is 1. The Labute approximate surface area is 191 Å². The van der Waals surface area contributed by atoms with Gasteiger partial charge in [-0.05, 0) is 49.2 Å². The highest BCUT2D eigenvalue weighted by atomic mass is 35.5. The molecule has 32 heavy (non-hydrogen) atoms. The van der Waals surface area contributed by atoms with Crippen LogP contribution in [0.1, 0.15) is 12.8 Å². The van der Waals surface area contributed by atoms with Crippen LogP contribution in [0.5, 0.6) is 0 Å². The van der Waals surface area contributed by atoms with Gasteiger partial charge in [-0.15, -0.1) is 0 Å². The first-order valence-corrected chi connectivity index (χ1v) is 12.3. The van der Waals surface area contributed by atoms with E-state index in [0.717, 1.165) is 22.1 Å². The molecule has 0 spiro atoms. The maximum Gasteiger partial charge on any atom is 0.246 e. The van der Waals surface area contributed by atoms with Gasteiger partial charge in [0.25, 0.3) is 0 Å². The van der Waals surface area contributed by atoms with Crippen LogP contribution in [0.25, 0.3) is 0 Å². The molecule has 0 aromatic heterocycles. The van der Waals surface area contributed by atoms with Crippen molar-refractivity contribution in [2.75, 3.05) is 44.2 Å². The molecule has 2 saturated heterocycles. The molecular weight excluding hydrogens is 460 g/mol. The number of sulfonamides is 1. The van der Waals surface area contributed by atoms with E-state index in [9.17, 15) is 22.0 Å². The summed E-state index contributed by atoms with van der Waals surface area (Å²) in [4.78, 5) is 16.3. The summed E-state index contributed by atoms with van der Waals surface area (Å²) in [6.45, 7) is 2.74. The summed E-state index contributed by atoms with van der Waals surface area (Å²) in [5.74, 6) is -2.06. The molecule has 1 amide bonds. The van der Waals surface area contributed by atoms with Crippen LogP contribution in [-0.2, 0) is 14.8 Å². The van der Waals surface area contributed by atoms with Gasteiger partial charge >= 0.3 is 0 Å². The zero-order valence-electron chi connectivity index (χ0n) is 17.4. The minimum Gasteiger partial charge on any atom is -0.368 e. The number of halogens is 3. The molecule has 0 atom stereocenters. The molecule has 0 bridgehead atoms. The third kappa shape index (κ3) is 4.74. The normalized spacial score (nSPS) is 18.7. The average Bonchev–Trinajstić information content (AvgIpc) is 2.80. The van der Waals surface area contributed by atoms with Gasteiger partial charge in [0, 0.05) is 55.9 Å². The van der Waals surface area contributed by atoms with Crippen molar-refractivity contribution in [1.82, 2.24) is 9.21 Å². The second-order valence-corrected chi connectivity index (χ2v) is 10.4. The fourth-order valence-electron chi connectivity index (χ4n) is 4.27. The molecule has 0 N–H and O–H groups in total. The van der Waals surface area contributed by atoms with Crippen LogP contribution in [0.4, 0.5) is 14.5 Å². The molecule has 0 unspecified atom stereocenters. The first kappa shape index (κ1) is 22.9. The molecule has 2 aliphatic heterocycles. The highest BCUT2D eigenvalue weighted by Crippen LogP contribution is 2.28. The molecule has 0 radical (unpaired) electrons. The molecule has 2 aliphatic rings. The third-order valence-electron chi connectivity index (χ3n) is 6.08. The SMILES string of the molecule is O=C(C1CCN(S(=O)(=O)c2cc(F)ccc2F)CC1)N1CCN(c2cccc(Cl)c2)CC1. The van der Waals surface area contributed by atoms with Crippen LogP contribution in [0.15, 0.2) is 47.4 Å². The first-order valence-electron chi connectivity index (χ1n) is 10.5. The predicted octanol–water partition coefficient (Wildman–Crippen LogP) is 3.37. The Morgan fingerprint density at radius 1 is 0.938 bits per heavy atom. The summed E-state index contributed by atoms with van der Waals surface area (Å²) in [7, 11) is -4.15. The summed E-state index contributed by atoms with van der Waals surface area (Å²) in [5, 5.41) is 0.667. The van der Waals surface area contributed by atoms with E-state index in [1.54, 1.807) is 0 Å². The van der Waals surface area contributed by atoms with Crippen molar-refractivity contribution in [3.63, 3.8) is 0 Å². The van der Waals surface area contributed by atoms with E-state index in [1.807, 2.05) is 29.2 Å². The highest BCUT2D eigenvalue weighted by Gasteiger charge is 2.35. The Balaban J connectivity index is 1.33. The molecule has 10 heteroatoms. The number of benzene rings is 2. The lowest BCUT2D eigenvalue weighted by Gasteiger charge is -2.39. The number of rotatable bonds is 4. The molecule has 172 valence electrons. The Morgan fingerprint density at radius 2 is 1.62 bits per heavy atom. The van der Waals surface area contributed by atoms with Crippen molar-refractivity contribution in [2.24, 2.45) is 5.92 Å². The number of amides is 1. The lowest BCUT2D eigenvalue weighted by molar-refractivity contribution is -0.137. The van der Waals surface area contributed by atoms with Gasteiger partial charge in [-0.3, -0.25) is 4.79 Å². The minimum atomic E-state index is -4.15. The number of nitrogens with zero attached hydrogens (tertiary/aromatic N) is 3. The van der Waals surface area contributed by atoms with Crippen LogP contribution in [0.3, 0.4) is 0 Å². The number of hydrogen-bond donors (Lipinski definition) is 0. The molecule has 2 heterocycles. The van der Waals surface area contributed by atoms with Gasteiger partial charge in [-0.25, -0.2) is 17.2 Å². The molecule has 2 fully saturated rings. The molecule has 2 aromatic carbocycles. The topological polar surface area (TPSA) is 60.9 Å². The average molecular weight is 484 g/mol. The lowest BCUT2D eigenvalue weighted by Crippen LogP contribution is -2.52. The predicted molar refractivity (Wildman–Crippen MR) is 118 cm³/mol. The van der Waals surface area contributed by atoms with Gasteiger partial charge in [0.2, 0.25) is 15.9 Å². The largest absolute Gasteiger partial charge is 0.368 e. The maximum atomic E-state index is 14.0.